The maximum Gasteiger partial charge on any atom is 0.412 e. The summed E-state index contributed by atoms with van der Waals surface area (Å²) in [5.74, 6) is -0.952. The number of benzene rings is 3. The number of carboxylic acids is 1. The number of carbonyl (C=O) groups excluding carboxylic acids is 1. The largest absolute Gasteiger partial charge is 0.507 e. The van der Waals surface area contributed by atoms with Gasteiger partial charge in [-0.15, -0.1) is 0 Å². The maximum atomic E-state index is 12.8. The molecule has 3 aromatic rings. The van der Waals surface area contributed by atoms with Gasteiger partial charge in [0.2, 0.25) is 0 Å². The first-order chi connectivity index (χ1) is 16.4. The predicted molar refractivity (Wildman–Crippen MR) is 126 cm³/mol. The predicted octanol–water partition coefficient (Wildman–Crippen LogP) is 5.14. The quantitative estimate of drug-likeness (QED) is 0.377. The van der Waals surface area contributed by atoms with Crippen LogP contribution in [0.4, 0.5) is 10.5 Å². The minimum atomic E-state index is -1.05. The van der Waals surface area contributed by atoms with E-state index in [-0.39, 0.29) is 5.75 Å². The summed E-state index contributed by atoms with van der Waals surface area (Å²) in [4.78, 5) is 23.6. The van der Waals surface area contributed by atoms with Crippen LogP contribution in [0, 0.1) is 11.3 Å². The molecule has 34 heavy (non-hydrogen) atoms. The molecule has 0 heterocycles. The molecule has 0 spiro atoms. The van der Waals surface area contributed by atoms with Gasteiger partial charge in [-0.2, -0.15) is 5.26 Å². The van der Waals surface area contributed by atoms with E-state index in [4.69, 9.17) is 19.8 Å². The molecule has 0 saturated heterocycles. The number of nitriles is 1. The molecule has 0 aromatic heterocycles. The highest BCUT2D eigenvalue weighted by atomic mass is 16.6. The lowest BCUT2D eigenvalue weighted by Gasteiger charge is -2.27. The van der Waals surface area contributed by atoms with Crippen molar-refractivity contribution in [1.82, 2.24) is 0 Å². The monoisotopic (exact) mass is 460 g/mol. The Morgan fingerprint density at radius 1 is 1.09 bits per heavy atom. The summed E-state index contributed by atoms with van der Waals surface area (Å²) in [7, 11) is 1.49. The summed E-state index contributed by atoms with van der Waals surface area (Å²) >= 11 is 0. The molecule has 0 aliphatic carbocycles. The second-order valence-electron chi connectivity index (χ2n) is 7.45. The van der Waals surface area contributed by atoms with E-state index >= 15 is 0 Å². The minimum absolute atomic E-state index is 0.0958. The number of phenolic OH excluding ortho intramolecular Hbond substituents is 1. The number of nitrogens with one attached hydrogen (secondary N) is 1. The van der Waals surface area contributed by atoms with Gasteiger partial charge < -0.3 is 19.7 Å². The topological polar surface area (TPSA) is 129 Å². The minimum Gasteiger partial charge on any atom is -0.507 e. The van der Waals surface area contributed by atoms with Crippen LogP contribution in [-0.4, -0.2) is 35.5 Å². The fourth-order valence-corrected chi connectivity index (χ4v) is 3.62. The van der Waals surface area contributed by atoms with E-state index in [1.54, 1.807) is 42.5 Å². The molecular formula is C26H24N2O6. The van der Waals surface area contributed by atoms with E-state index in [9.17, 15) is 14.7 Å². The number of carboxylic acid groups (broad SMARTS) is 1. The first kappa shape index (κ1) is 24.3. The highest BCUT2D eigenvalue weighted by Gasteiger charge is 2.29. The number of methoxy groups -OCH3 is 1. The Morgan fingerprint density at radius 3 is 2.44 bits per heavy atom. The number of amides is 1. The molecule has 1 amide bonds. The van der Waals surface area contributed by atoms with Crippen LogP contribution >= 0.6 is 0 Å². The van der Waals surface area contributed by atoms with Gasteiger partial charge in [0.1, 0.15) is 5.75 Å². The Hall–Kier alpha value is -4.35. The number of hydrogen-bond donors (Lipinski definition) is 3. The summed E-state index contributed by atoms with van der Waals surface area (Å²) in [6.07, 6.45) is 1.15. The zero-order valence-electron chi connectivity index (χ0n) is 18.5. The number of phenols is 1. The van der Waals surface area contributed by atoms with Gasteiger partial charge in [-0.1, -0.05) is 36.4 Å². The van der Waals surface area contributed by atoms with Gasteiger partial charge in [-0.05, 0) is 48.6 Å². The number of aromatic hydroxyl groups is 1. The molecule has 2 atom stereocenters. The van der Waals surface area contributed by atoms with Crippen molar-refractivity contribution in [3.63, 3.8) is 0 Å². The Kier molecular flexibility index (Phi) is 8.21. The molecule has 0 bridgehead atoms. The molecule has 0 unspecified atom stereocenters. The average molecular weight is 460 g/mol. The third-order valence-corrected chi connectivity index (χ3v) is 5.25. The molecular weight excluding hydrogens is 436 g/mol. The van der Waals surface area contributed by atoms with E-state index < -0.39 is 24.3 Å². The third kappa shape index (κ3) is 6.12. The number of hydrogen-bond acceptors (Lipinski definition) is 6. The van der Waals surface area contributed by atoms with Gasteiger partial charge in [0.15, 0.2) is 6.10 Å². The smallest absolute Gasteiger partial charge is 0.412 e. The Bertz CT molecular complexity index is 1230. The van der Waals surface area contributed by atoms with Gasteiger partial charge in [0.05, 0.1) is 17.7 Å². The van der Waals surface area contributed by atoms with Crippen molar-refractivity contribution in [3.05, 3.63) is 83.9 Å². The van der Waals surface area contributed by atoms with Crippen LogP contribution in [0.5, 0.6) is 5.75 Å². The SMILES string of the molecule is CO[C@@H](CC/C=C/C(=O)O)[C@@H](OC(=O)Nc1ccc(C#N)cc1)c1ccc(O)c2ccccc12. The standard InChI is InChI=1S/C26H24N2O6/c1-33-23(8-4-5-9-24(30)31)25(21-14-15-22(29)20-7-3-2-6-19(20)21)34-26(32)28-18-12-10-17(16-27)11-13-18/h2-3,5-7,9-15,23,25,29H,4,8H2,1H3,(H,28,32)(H,30,31)/b9-5+/t23-,25-/m0/s1. The third-order valence-electron chi connectivity index (χ3n) is 5.25. The van der Waals surface area contributed by atoms with E-state index in [2.05, 4.69) is 5.32 Å². The molecule has 3 rings (SSSR count). The Labute approximate surface area is 196 Å². The van der Waals surface area contributed by atoms with Crippen molar-refractivity contribution < 1.29 is 29.3 Å². The summed E-state index contributed by atoms with van der Waals surface area (Å²) < 4.78 is 11.5. The van der Waals surface area contributed by atoms with Gasteiger partial charge in [0.25, 0.3) is 0 Å². The van der Waals surface area contributed by atoms with Crippen LogP contribution in [-0.2, 0) is 14.3 Å². The Balaban J connectivity index is 1.91. The maximum absolute atomic E-state index is 12.8. The van der Waals surface area contributed by atoms with Crippen LogP contribution < -0.4 is 5.32 Å². The van der Waals surface area contributed by atoms with Crippen molar-refractivity contribution in [1.29, 1.82) is 5.26 Å². The van der Waals surface area contributed by atoms with Crippen LogP contribution in [0.1, 0.15) is 30.1 Å². The van der Waals surface area contributed by atoms with Gasteiger partial charge >= 0.3 is 12.1 Å². The molecule has 3 N–H and O–H groups in total. The van der Waals surface area contributed by atoms with Gasteiger partial charge in [0, 0.05) is 29.8 Å². The van der Waals surface area contributed by atoms with Crippen LogP contribution in [0.25, 0.3) is 10.8 Å². The van der Waals surface area contributed by atoms with Crippen molar-refractivity contribution in [3.8, 4) is 11.8 Å². The van der Waals surface area contributed by atoms with E-state index in [0.29, 0.717) is 40.4 Å². The molecule has 0 saturated carbocycles. The lowest BCUT2D eigenvalue weighted by molar-refractivity contribution is -0.131. The molecule has 3 aromatic carbocycles. The summed E-state index contributed by atoms with van der Waals surface area (Å²) in [5, 5.41) is 32.0. The average Bonchev–Trinajstić information content (AvgIpc) is 2.84. The Morgan fingerprint density at radius 2 is 1.79 bits per heavy atom. The van der Waals surface area contributed by atoms with Crippen molar-refractivity contribution >= 4 is 28.5 Å². The molecule has 0 aliphatic rings. The second-order valence-corrected chi connectivity index (χ2v) is 7.45. The summed E-state index contributed by atoms with van der Waals surface area (Å²) in [5.41, 5.74) is 1.55. The molecule has 8 nitrogen and oxygen atoms in total. The normalized spacial score (nSPS) is 12.7. The molecule has 174 valence electrons. The summed E-state index contributed by atoms with van der Waals surface area (Å²) in [6.45, 7) is 0. The first-order valence-corrected chi connectivity index (χ1v) is 10.5. The van der Waals surface area contributed by atoms with Crippen LogP contribution in [0.2, 0.25) is 0 Å². The number of carbonyl (C=O) groups is 2. The molecule has 0 aliphatic heterocycles. The fourth-order valence-electron chi connectivity index (χ4n) is 3.62. The summed E-state index contributed by atoms with van der Waals surface area (Å²) in [6, 6.07) is 18.8. The number of ether oxygens (including phenoxy) is 2. The van der Waals surface area contributed by atoms with Crippen molar-refractivity contribution in [2.45, 2.75) is 25.0 Å². The van der Waals surface area contributed by atoms with E-state index in [1.807, 2.05) is 18.2 Å². The van der Waals surface area contributed by atoms with Crippen molar-refractivity contribution in [2.24, 2.45) is 0 Å². The number of rotatable bonds is 9. The number of allylic oxidation sites excluding steroid dienone is 1. The van der Waals surface area contributed by atoms with Crippen LogP contribution in [0.3, 0.4) is 0 Å². The van der Waals surface area contributed by atoms with Gasteiger partial charge in [-0.25, -0.2) is 9.59 Å². The highest BCUT2D eigenvalue weighted by Crippen LogP contribution is 2.36. The second kappa shape index (κ2) is 11.5. The number of anilines is 1. The lowest BCUT2D eigenvalue weighted by Crippen LogP contribution is -2.28. The zero-order valence-corrected chi connectivity index (χ0v) is 18.5. The highest BCUT2D eigenvalue weighted by molar-refractivity contribution is 5.91. The van der Waals surface area contributed by atoms with E-state index in [1.165, 1.54) is 19.3 Å². The number of aliphatic carboxylic acids is 1. The molecule has 0 radical (unpaired) electrons. The number of fused-ring (bicyclic) bond motifs is 1. The van der Waals surface area contributed by atoms with Gasteiger partial charge in [-0.3, -0.25) is 5.32 Å². The van der Waals surface area contributed by atoms with E-state index in [0.717, 1.165) is 6.08 Å². The number of nitrogens with zero attached hydrogens (tertiary/aromatic N) is 1. The molecule has 8 heteroatoms. The van der Waals surface area contributed by atoms with Crippen LogP contribution in [0.15, 0.2) is 72.8 Å². The zero-order chi connectivity index (χ0) is 24.5. The fraction of sp³-hybridized carbons (Fsp3) is 0.192. The van der Waals surface area contributed by atoms with Crippen molar-refractivity contribution in [2.75, 3.05) is 12.4 Å². The molecule has 0 fully saturated rings. The lowest BCUT2D eigenvalue weighted by atomic mass is 9.94. The first-order valence-electron chi connectivity index (χ1n) is 10.5.